The van der Waals surface area contributed by atoms with E-state index in [2.05, 4.69) is 9.88 Å². The van der Waals surface area contributed by atoms with Crippen LogP contribution in [0.3, 0.4) is 0 Å². The highest BCUT2D eigenvalue weighted by Gasteiger charge is 2.31. The molecule has 1 saturated heterocycles. The Hall–Kier alpha value is -2.27. The van der Waals surface area contributed by atoms with Gasteiger partial charge in [-0.1, -0.05) is 24.3 Å². The molecule has 0 radical (unpaired) electrons. The second kappa shape index (κ2) is 6.92. The Labute approximate surface area is 147 Å². The first-order valence-electron chi connectivity index (χ1n) is 9.06. The van der Waals surface area contributed by atoms with Crippen LogP contribution >= 0.6 is 0 Å². The number of piperazine rings is 1. The van der Waals surface area contributed by atoms with E-state index in [1.54, 1.807) is 6.20 Å². The molecule has 0 unspecified atom stereocenters. The Bertz CT molecular complexity index is 787. The van der Waals surface area contributed by atoms with Gasteiger partial charge in [0.15, 0.2) is 0 Å². The fourth-order valence-electron chi connectivity index (χ4n) is 3.49. The van der Waals surface area contributed by atoms with Crippen molar-refractivity contribution >= 4 is 22.6 Å². The molecule has 5 nitrogen and oxygen atoms in total. The molecule has 1 aromatic carbocycles. The summed E-state index contributed by atoms with van der Waals surface area (Å²) in [6.45, 7) is 3.54. The van der Waals surface area contributed by atoms with Crippen molar-refractivity contribution in [3.8, 4) is 0 Å². The van der Waals surface area contributed by atoms with Gasteiger partial charge in [-0.3, -0.25) is 19.5 Å². The molecule has 2 aliphatic rings. The third kappa shape index (κ3) is 3.71. The minimum atomic E-state index is 0.145. The number of aromatic nitrogens is 1. The molecule has 130 valence electrons. The summed E-state index contributed by atoms with van der Waals surface area (Å²) >= 11 is 0. The number of rotatable bonds is 5. The van der Waals surface area contributed by atoms with E-state index in [1.165, 1.54) is 0 Å². The molecule has 1 saturated carbocycles. The Morgan fingerprint density at radius 3 is 2.56 bits per heavy atom. The molecule has 0 N–H and O–H groups in total. The van der Waals surface area contributed by atoms with Gasteiger partial charge in [-0.05, 0) is 24.5 Å². The van der Waals surface area contributed by atoms with Crippen LogP contribution in [0, 0.1) is 5.92 Å². The van der Waals surface area contributed by atoms with Gasteiger partial charge >= 0.3 is 0 Å². The van der Waals surface area contributed by atoms with Crippen LogP contribution in [0.15, 0.2) is 36.5 Å². The Morgan fingerprint density at radius 1 is 1.04 bits per heavy atom. The number of carbonyl (C=O) groups excluding carboxylic acids is 2. The lowest BCUT2D eigenvalue weighted by Crippen LogP contribution is -2.50. The first-order valence-corrected chi connectivity index (χ1v) is 9.06. The summed E-state index contributed by atoms with van der Waals surface area (Å²) in [7, 11) is 0. The number of ketones is 1. The maximum absolute atomic E-state index is 12.7. The van der Waals surface area contributed by atoms with E-state index in [9.17, 15) is 9.59 Å². The fraction of sp³-hybridized carbons (Fsp3) is 0.450. The van der Waals surface area contributed by atoms with E-state index >= 15 is 0 Å². The largest absolute Gasteiger partial charge is 0.340 e. The van der Waals surface area contributed by atoms with Gasteiger partial charge in [-0.15, -0.1) is 0 Å². The Balaban J connectivity index is 1.35. The summed E-state index contributed by atoms with van der Waals surface area (Å²) in [6.07, 6.45) is 4.29. The molecule has 1 aromatic heterocycles. The SMILES string of the molecule is O=C(CN1CCN(C(=O)Cc2cccc3cccnc23)CC1)C1CC1. The van der Waals surface area contributed by atoms with E-state index in [0.29, 0.717) is 37.8 Å². The molecule has 0 bridgehead atoms. The smallest absolute Gasteiger partial charge is 0.227 e. The van der Waals surface area contributed by atoms with Gasteiger partial charge in [0.2, 0.25) is 5.91 Å². The predicted octanol–water partition coefficient (Wildman–Crippen LogP) is 1.90. The van der Waals surface area contributed by atoms with Crippen molar-refractivity contribution in [2.75, 3.05) is 32.7 Å². The molecule has 0 spiro atoms. The average Bonchev–Trinajstić information content (AvgIpc) is 3.48. The van der Waals surface area contributed by atoms with Crippen LogP contribution in [0.25, 0.3) is 10.9 Å². The molecule has 1 aliphatic heterocycles. The summed E-state index contributed by atoms with van der Waals surface area (Å²) in [5.41, 5.74) is 1.89. The number of fused-ring (bicyclic) bond motifs is 1. The van der Waals surface area contributed by atoms with Crippen LogP contribution in [-0.4, -0.2) is 59.2 Å². The van der Waals surface area contributed by atoms with Crippen LogP contribution in [0.1, 0.15) is 18.4 Å². The van der Waals surface area contributed by atoms with Crippen molar-refractivity contribution in [1.82, 2.24) is 14.8 Å². The monoisotopic (exact) mass is 337 g/mol. The maximum atomic E-state index is 12.7. The van der Waals surface area contributed by atoms with Crippen LogP contribution in [-0.2, 0) is 16.0 Å². The van der Waals surface area contributed by atoms with Crippen LogP contribution < -0.4 is 0 Å². The number of Topliss-reactive ketones (excluding diaryl/α,β-unsaturated/α-hetero) is 1. The molecule has 2 aromatic rings. The number of hydrogen-bond acceptors (Lipinski definition) is 4. The second-order valence-corrected chi connectivity index (χ2v) is 7.07. The normalized spacial score (nSPS) is 18.5. The van der Waals surface area contributed by atoms with Crippen LogP contribution in [0.2, 0.25) is 0 Å². The number of benzene rings is 1. The molecule has 2 fully saturated rings. The standard InChI is InChI=1S/C20H23N3O2/c24-18(15-6-7-15)14-22-9-11-23(12-10-22)19(25)13-17-4-1-3-16-5-2-8-21-20(16)17/h1-5,8,15H,6-7,9-14H2. The number of hydrogen-bond donors (Lipinski definition) is 0. The molecule has 25 heavy (non-hydrogen) atoms. The number of carbonyl (C=O) groups is 2. The number of pyridine rings is 1. The summed E-state index contributed by atoms with van der Waals surface area (Å²) in [5.74, 6) is 0.839. The first-order chi connectivity index (χ1) is 12.2. The van der Waals surface area contributed by atoms with Crippen LogP contribution in [0.5, 0.6) is 0 Å². The van der Waals surface area contributed by atoms with Crippen molar-refractivity contribution in [2.45, 2.75) is 19.3 Å². The molecule has 1 aliphatic carbocycles. The number of amides is 1. The zero-order valence-electron chi connectivity index (χ0n) is 14.4. The predicted molar refractivity (Wildman–Crippen MR) is 96.2 cm³/mol. The van der Waals surface area contributed by atoms with Crippen molar-refractivity contribution < 1.29 is 9.59 Å². The molecule has 0 atom stereocenters. The van der Waals surface area contributed by atoms with E-state index in [-0.39, 0.29) is 5.91 Å². The summed E-state index contributed by atoms with van der Waals surface area (Å²) < 4.78 is 0. The second-order valence-electron chi connectivity index (χ2n) is 7.07. The summed E-state index contributed by atoms with van der Waals surface area (Å²) in [6, 6.07) is 9.92. The van der Waals surface area contributed by atoms with E-state index in [0.717, 1.165) is 42.4 Å². The Morgan fingerprint density at radius 2 is 1.80 bits per heavy atom. The average molecular weight is 337 g/mol. The number of nitrogens with zero attached hydrogens (tertiary/aromatic N) is 3. The van der Waals surface area contributed by atoms with Gasteiger partial charge in [0.1, 0.15) is 5.78 Å². The third-order valence-corrected chi connectivity index (χ3v) is 5.20. The highest BCUT2D eigenvalue weighted by atomic mass is 16.2. The minimum Gasteiger partial charge on any atom is -0.340 e. The lowest BCUT2D eigenvalue weighted by atomic mass is 10.1. The van der Waals surface area contributed by atoms with Crippen molar-refractivity contribution in [1.29, 1.82) is 0 Å². The zero-order chi connectivity index (χ0) is 17.2. The third-order valence-electron chi connectivity index (χ3n) is 5.20. The molecule has 5 heteroatoms. The van der Waals surface area contributed by atoms with Gasteiger partial charge in [0.05, 0.1) is 18.5 Å². The lowest BCUT2D eigenvalue weighted by molar-refractivity contribution is -0.132. The molecular weight excluding hydrogens is 314 g/mol. The fourth-order valence-corrected chi connectivity index (χ4v) is 3.49. The lowest BCUT2D eigenvalue weighted by Gasteiger charge is -2.34. The van der Waals surface area contributed by atoms with E-state index in [1.807, 2.05) is 35.2 Å². The van der Waals surface area contributed by atoms with E-state index < -0.39 is 0 Å². The van der Waals surface area contributed by atoms with Gasteiger partial charge in [-0.25, -0.2) is 0 Å². The summed E-state index contributed by atoms with van der Waals surface area (Å²) in [4.78, 5) is 33.1. The molecule has 4 rings (SSSR count). The minimum absolute atomic E-state index is 0.145. The Kier molecular flexibility index (Phi) is 4.49. The highest BCUT2D eigenvalue weighted by molar-refractivity contribution is 5.88. The van der Waals surface area contributed by atoms with Crippen molar-refractivity contribution in [2.24, 2.45) is 5.92 Å². The van der Waals surface area contributed by atoms with Gasteiger partial charge in [0.25, 0.3) is 0 Å². The quantitative estimate of drug-likeness (QED) is 0.836. The summed E-state index contributed by atoms with van der Waals surface area (Å²) in [5, 5.41) is 1.07. The zero-order valence-corrected chi connectivity index (χ0v) is 14.4. The maximum Gasteiger partial charge on any atom is 0.227 e. The van der Waals surface area contributed by atoms with Crippen LogP contribution in [0.4, 0.5) is 0 Å². The molecule has 2 heterocycles. The first kappa shape index (κ1) is 16.2. The van der Waals surface area contributed by atoms with Gasteiger partial charge < -0.3 is 4.90 Å². The van der Waals surface area contributed by atoms with Gasteiger partial charge in [-0.2, -0.15) is 0 Å². The van der Waals surface area contributed by atoms with E-state index in [4.69, 9.17) is 0 Å². The van der Waals surface area contributed by atoms with Crippen molar-refractivity contribution in [3.63, 3.8) is 0 Å². The topological polar surface area (TPSA) is 53.5 Å². The molecule has 1 amide bonds. The van der Waals surface area contributed by atoms with Crippen molar-refractivity contribution in [3.05, 3.63) is 42.1 Å². The molecular formula is C20H23N3O2. The highest BCUT2D eigenvalue weighted by Crippen LogP contribution is 2.30. The van der Waals surface area contributed by atoms with Gasteiger partial charge in [0, 0.05) is 43.7 Å². The number of para-hydroxylation sites is 1.